The SMILES string of the molecule is COc1ccc(C(=O)C2CC3COCC(C2)N3C(=O)OC(C)(C)C)c(C)n1. The number of hydrogen-bond donors (Lipinski definition) is 0. The molecule has 2 atom stereocenters. The number of ketones is 1. The molecule has 7 nitrogen and oxygen atoms in total. The fourth-order valence-electron chi connectivity index (χ4n) is 3.87. The number of carbonyl (C=O) groups excluding carboxylic acids is 2. The van der Waals surface area contributed by atoms with Crippen LogP contribution in [0, 0.1) is 12.8 Å². The molecule has 0 saturated carbocycles. The van der Waals surface area contributed by atoms with Crippen LogP contribution in [0.25, 0.3) is 0 Å². The number of aromatic nitrogens is 1. The summed E-state index contributed by atoms with van der Waals surface area (Å²) in [6.45, 7) is 8.24. The molecule has 1 aromatic rings. The Balaban J connectivity index is 1.76. The van der Waals surface area contributed by atoms with E-state index in [0.717, 1.165) is 0 Å². The van der Waals surface area contributed by atoms with Crippen molar-refractivity contribution < 1.29 is 23.8 Å². The Hall–Kier alpha value is -2.15. The van der Waals surface area contributed by atoms with Crippen molar-refractivity contribution in [2.24, 2.45) is 5.92 Å². The van der Waals surface area contributed by atoms with E-state index in [2.05, 4.69) is 4.98 Å². The molecule has 0 aromatic carbocycles. The molecule has 2 aliphatic rings. The van der Waals surface area contributed by atoms with Crippen LogP contribution in [0.5, 0.6) is 5.88 Å². The Kier molecular flexibility index (Phi) is 5.42. The van der Waals surface area contributed by atoms with Crippen molar-refractivity contribution >= 4 is 11.9 Å². The van der Waals surface area contributed by atoms with Gasteiger partial charge in [0, 0.05) is 17.5 Å². The van der Waals surface area contributed by atoms with Crippen LogP contribution in [0.1, 0.15) is 49.7 Å². The largest absolute Gasteiger partial charge is 0.481 e. The number of amides is 1. The van der Waals surface area contributed by atoms with Gasteiger partial charge >= 0.3 is 6.09 Å². The lowest BCUT2D eigenvalue weighted by Gasteiger charge is -2.47. The Bertz CT molecular complexity index is 714. The van der Waals surface area contributed by atoms with Gasteiger partial charge in [-0.05, 0) is 46.6 Å². The molecule has 0 radical (unpaired) electrons. The summed E-state index contributed by atoms with van der Waals surface area (Å²) in [5.74, 6) is 0.411. The van der Waals surface area contributed by atoms with Gasteiger partial charge in [-0.15, -0.1) is 0 Å². The number of aryl methyl sites for hydroxylation is 1. The van der Waals surface area contributed by atoms with E-state index in [1.807, 2.05) is 27.7 Å². The first-order chi connectivity index (χ1) is 12.7. The predicted octanol–water partition coefficient (Wildman–Crippen LogP) is 3.00. The maximum absolute atomic E-state index is 13.1. The second kappa shape index (κ2) is 7.46. The van der Waals surface area contributed by atoms with Crippen LogP contribution >= 0.6 is 0 Å². The molecule has 2 aliphatic heterocycles. The molecule has 2 unspecified atom stereocenters. The Morgan fingerprint density at radius 2 is 1.81 bits per heavy atom. The van der Waals surface area contributed by atoms with E-state index in [1.165, 1.54) is 0 Å². The molecule has 3 heterocycles. The molecule has 0 aliphatic carbocycles. The first kappa shape index (κ1) is 19.6. The standard InChI is InChI=1S/C20H28N2O5/c1-12-16(6-7-17(21-12)25-5)18(23)13-8-14-10-26-11-15(9-13)22(14)19(24)27-20(2,3)4/h6-7,13-15H,8-11H2,1-5H3. The summed E-state index contributed by atoms with van der Waals surface area (Å²) in [7, 11) is 1.55. The van der Waals surface area contributed by atoms with E-state index in [-0.39, 0.29) is 29.9 Å². The normalized spacial score (nSPS) is 25.1. The molecular weight excluding hydrogens is 348 g/mol. The number of pyridine rings is 1. The van der Waals surface area contributed by atoms with Gasteiger partial charge in [-0.25, -0.2) is 9.78 Å². The minimum atomic E-state index is -0.551. The fraction of sp³-hybridized carbons (Fsp3) is 0.650. The third-order valence-electron chi connectivity index (χ3n) is 5.03. The van der Waals surface area contributed by atoms with E-state index in [4.69, 9.17) is 14.2 Å². The monoisotopic (exact) mass is 376 g/mol. The van der Waals surface area contributed by atoms with Gasteiger partial charge < -0.3 is 14.2 Å². The molecule has 1 aromatic heterocycles. The zero-order chi connectivity index (χ0) is 19.8. The first-order valence-electron chi connectivity index (χ1n) is 9.34. The van der Waals surface area contributed by atoms with Crippen LogP contribution in [0.2, 0.25) is 0 Å². The number of fused-ring (bicyclic) bond motifs is 2. The predicted molar refractivity (Wildman–Crippen MR) is 99.0 cm³/mol. The lowest BCUT2D eigenvalue weighted by atomic mass is 9.80. The number of Topliss-reactive ketones (excluding diaryl/α,β-unsaturated/α-hetero) is 1. The van der Waals surface area contributed by atoms with Crippen LogP contribution < -0.4 is 4.74 Å². The summed E-state index contributed by atoms with van der Waals surface area (Å²) in [6.07, 6.45) is 0.814. The molecule has 3 rings (SSSR count). The van der Waals surface area contributed by atoms with Crippen molar-refractivity contribution in [2.75, 3.05) is 20.3 Å². The fourth-order valence-corrected chi connectivity index (χ4v) is 3.87. The highest BCUT2D eigenvalue weighted by Gasteiger charge is 2.45. The summed E-state index contributed by atoms with van der Waals surface area (Å²) in [6, 6.07) is 3.19. The minimum absolute atomic E-state index is 0.0726. The third-order valence-corrected chi connectivity index (χ3v) is 5.03. The second-order valence-corrected chi connectivity index (χ2v) is 8.25. The molecule has 148 valence electrons. The molecular formula is C20H28N2O5. The lowest BCUT2D eigenvalue weighted by molar-refractivity contribution is -0.0861. The number of piperidine rings is 1. The summed E-state index contributed by atoms with van der Waals surface area (Å²) in [5, 5.41) is 0. The van der Waals surface area contributed by atoms with Crippen molar-refractivity contribution in [3.05, 3.63) is 23.4 Å². The van der Waals surface area contributed by atoms with Gasteiger partial charge in [-0.1, -0.05) is 0 Å². The zero-order valence-corrected chi connectivity index (χ0v) is 16.7. The van der Waals surface area contributed by atoms with Gasteiger partial charge in [0.25, 0.3) is 0 Å². The van der Waals surface area contributed by atoms with Crippen LogP contribution in [-0.4, -0.2) is 59.8 Å². The summed E-state index contributed by atoms with van der Waals surface area (Å²) < 4.78 is 16.3. The first-order valence-corrected chi connectivity index (χ1v) is 9.34. The van der Waals surface area contributed by atoms with E-state index in [9.17, 15) is 9.59 Å². The van der Waals surface area contributed by atoms with Gasteiger partial charge in [0.15, 0.2) is 5.78 Å². The number of methoxy groups -OCH3 is 1. The Morgan fingerprint density at radius 3 is 2.33 bits per heavy atom. The minimum Gasteiger partial charge on any atom is -0.481 e. The average Bonchev–Trinajstić information content (AvgIpc) is 2.58. The van der Waals surface area contributed by atoms with Crippen LogP contribution in [0.3, 0.4) is 0 Å². The lowest BCUT2D eigenvalue weighted by Crippen LogP contribution is -2.60. The van der Waals surface area contributed by atoms with Crippen molar-refractivity contribution in [1.29, 1.82) is 0 Å². The van der Waals surface area contributed by atoms with Crippen LogP contribution in [0.4, 0.5) is 4.79 Å². The number of morpholine rings is 1. The maximum Gasteiger partial charge on any atom is 0.410 e. The van der Waals surface area contributed by atoms with Crippen molar-refractivity contribution in [1.82, 2.24) is 9.88 Å². The Morgan fingerprint density at radius 1 is 1.19 bits per heavy atom. The number of ether oxygens (including phenoxy) is 3. The van der Waals surface area contributed by atoms with E-state index in [0.29, 0.717) is 43.2 Å². The van der Waals surface area contributed by atoms with Gasteiger partial charge in [0.1, 0.15) is 5.60 Å². The molecule has 0 N–H and O–H groups in total. The molecule has 2 bridgehead atoms. The number of rotatable bonds is 3. The quantitative estimate of drug-likeness (QED) is 0.755. The second-order valence-electron chi connectivity index (χ2n) is 8.25. The molecule has 27 heavy (non-hydrogen) atoms. The average molecular weight is 376 g/mol. The zero-order valence-electron chi connectivity index (χ0n) is 16.7. The van der Waals surface area contributed by atoms with Gasteiger partial charge in [-0.2, -0.15) is 0 Å². The topological polar surface area (TPSA) is 78.0 Å². The molecule has 2 fully saturated rings. The van der Waals surface area contributed by atoms with Crippen molar-refractivity contribution in [3.63, 3.8) is 0 Å². The Labute approximate surface area is 160 Å². The van der Waals surface area contributed by atoms with Crippen molar-refractivity contribution in [2.45, 2.75) is 58.2 Å². The van der Waals surface area contributed by atoms with Crippen molar-refractivity contribution in [3.8, 4) is 5.88 Å². The third kappa shape index (κ3) is 4.24. The summed E-state index contributed by atoms with van der Waals surface area (Å²) in [5.41, 5.74) is 0.728. The maximum atomic E-state index is 13.1. The van der Waals surface area contributed by atoms with Gasteiger partial charge in [0.05, 0.1) is 38.1 Å². The number of carbonyl (C=O) groups is 2. The smallest absolute Gasteiger partial charge is 0.410 e. The number of hydrogen-bond acceptors (Lipinski definition) is 6. The van der Waals surface area contributed by atoms with Gasteiger partial charge in [0.2, 0.25) is 5.88 Å². The summed E-state index contributed by atoms with van der Waals surface area (Å²) >= 11 is 0. The highest BCUT2D eigenvalue weighted by molar-refractivity contribution is 5.99. The van der Waals surface area contributed by atoms with E-state index in [1.54, 1.807) is 24.1 Å². The highest BCUT2D eigenvalue weighted by Crippen LogP contribution is 2.35. The molecule has 0 spiro atoms. The van der Waals surface area contributed by atoms with Crippen LogP contribution in [0.15, 0.2) is 12.1 Å². The van der Waals surface area contributed by atoms with E-state index < -0.39 is 5.60 Å². The molecule has 1 amide bonds. The summed E-state index contributed by atoms with van der Waals surface area (Å²) in [4.78, 5) is 31.8. The molecule has 2 saturated heterocycles. The van der Waals surface area contributed by atoms with Gasteiger partial charge in [-0.3, -0.25) is 9.69 Å². The molecule has 7 heteroatoms. The number of nitrogens with zero attached hydrogens (tertiary/aromatic N) is 2. The van der Waals surface area contributed by atoms with E-state index >= 15 is 0 Å². The highest BCUT2D eigenvalue weighted by atomic mass is 16.6. The van der Waals surface area contributed by atoms with Crippen LogP contribution in [-0.2, 0) is 9.47 Å².